The van der Waals surface area contributed by atoms with Gasteiger partial charge in [-0.3, -0.25) is 10.1 Å². The molecular formula is C15H21NO5. The van der Waals surface area contributed by atoms with Crippen LogP contribution >= 0.6 is 0 Å². The molecular weight excluding hydrogens is 274 g/mol. The molecule has 1 aromatic carbocycles. The van der Waals surface area contributed by atoms with Crippen molar-refractivity contribution in [2.45, 2.75) is 38.4 Å². The minimum absolute atomic E-state index is 0.213. The zero-order valence-electron chi connectivity index (χ0n) is 12.3. The average Bonchev–Trinajstić information content (AvgIpc) is 2.45. The monoisotopic (exact) mass is 295 g/mol. The van der Waals surface area contributed by atoms with Crippen molar-refractivity contribution >= 4 is 0 Å². The van der Waals surface area contributed by atoms with Crippen LogP contribution in [0.25, 0.3) is 0 Å². The van der Waals surface area contributed by atoms with Crippen LogP contribution in [0.1, 0.15) is 37.7 Å². The maximum atomic E-state index is 11.0. The SMILES string of the molecule is CCCC[C@@H]1C(O)Oc2c(OC)cccc2[C@@H]1C[N+](=O)[O-]. The molecule has 21 heavy (non-hydrogen) atoms. The average molecular weight is 295 g/mol. The molecule has 3 atom stereocenters. The third-order valence-electron chi connectivity index (χ3n) is 3.99. The first-order chi connectivity index (χ1) is 10.1. The quantitative estimate of drug-likeness (QED) is 0.644. The first-order valence-electron chi connectivity index (χ1n) is 7.21. The second-order valence-electron chi connectivity index (χ2n) is 5.31. The minimum atomic E-state index is -1.04. The fraction of sp³-hybridized carbons (Fsp3) is 0.600. The number of ether oxygens (including phenoxy) is 2. The molecule has 0 saturated carbocycles. The highest BCUT2D eigenvalue weighted by atomic mass is 16.6. The number of fused-ring (bicyclic) bond motifs is 1. The summed E-state index contributed by atoms with van der Waals surface area (Å²) >= 11 is 0. The zero-order valence-corrected chi connectivity index (χ0v) is 12.3. The molecule has 0 spiro atoms. The summed E-state index contributed by atoms with van der Waals surface area (Å²) in [5.74, 6) is 0.288. The molecule has 0 bridgehead atoms. The number of nitro groups is 1. The second-order valence-corrected chi connectivity index (χ2v) is 5.31. The molecule has 0 aromatic heterocycles. The smallest absolute Gasteiger partial charge is 0.211 e. The summed E-state index contributed by atoms with van der Waals surface area (Å²) < 4.78 is 10.8. The number of methoxy groups -OCH3 is 1. The second kappa shape index (κ2) is 6.76. The molecule has 0 saturated heterocycles. The summed E-state index contributed by atoms with van der Waals surface area (Å²) in [7, 11) is 1.51. The Labute approximate surface area is 123 Å². The Kier molecular flexibility index (Phi) is 5.01. The van der Waals surface area contributed by atoms with E-state index < -0.39 is 6.29 Å². The molecule has 6 heteroatoms. The van der Waals surface area contributed by atoms with Gasteiger partial charge in [-0.1, -0.05) is 31.9 Å². The standard InChI is InChI=1S/C15H21NO5/c1-3-4-6-11-12(9-16(18)19)10-7-5-8-13(20-2)14(10)21-15(11)17/h5,7-8,11-12,15,17H,3-4,6,9H2,1-2H3/t11-,12-,15?/m0/s1. The van der Waals surface area contributed by atoms with E-state index in [9.17, 15) is 15.2 Å². The van der Waals surface area contributed by atoms with Crippen molar-refractivity contribution < 1.29 is 19.5 Å². The third kappa shape index (κ3) is 3.26. The van der Waals surface area contributed by atoms with Crippen LogP contribution in [0.5, 0.6) is 11.5 Å². The van der Waals surface area contributed by atoms with Crippen LogP contribution in [0.3, 0.4) is 0 Å². The van der Waals surface area contributed by atoms with E-state index in [2.05, 4.69) is 6.92 Å². The van der Waals surface area contributed by atoms with Gasteiger partial charge < -0.3 is 14.6 Å². The van der Waals surface area contributed by atoms with Crippen LogP contribution < -0.4 is 9.47 Å². The lowest BCUT2D eigenvalue weighted by Crippen LogP contribution is -2.38. The van der Waals surface area contributed by atoms with E-state index in [-0.39, 0.29) is 23.3 Å². The van der Waals surface area contributed by atoms with Crippen molar-refractivity contribution in [3.63, 3.8) is 0 Å². The molecule has 0 radical (unpaired) electrons. The van der Waals surface area contributed by atoms with Crippen molar-refractivity contribution in [1.29, 1.82) is 0 Å². The molecule has 1 aromatic rings. The molecule has 0 fully saturated rings. The Hall–Kier alpha value is -1.82. The third-order valence-corrected chi connectivity index (χ3v) is 3.99. The lowest BCUT2D eigenvalue weighted by Gasteiger charge is -2.35. The highest BCUT2D eigenvalue weighted by Crippen LogP contribution is 2.46. The summed E-state index contributed by atoms with van der Waals surface area (Å²) in [6.45, 7) is 1.84. The fourth-order valence-corrected chi connectivity index (χ4v) is 2.93. The Morgan fingerprint density at radius 1 is 1.48 bits per heavy atom. The lowest BCUT2D eigenvalue weighted by molar-refractivity contribution is -0.486. The van der Waals surface area contributed by atoms with E-state index in [1.54, 1.807) is 12.1 Å². The number of para-hydroxylation sites is 1. The van der Waals surface area contributed by atoms with E-state index in [0.29, 0.717) is 17.9 Å². The van der Waals surface area contributed by atoms with Crippen molar-refractivity contribution in [1.82, 2.24) is 0 Å². The summed E-state index contributed by atoms with van der Waals surface area (Å²) in [6.07, 6.45) is 1.54. The first kappa shape index (κ1) is 15.6. The Bertz CT molecular complexity index is 505. The molecule has 1 N–H and O–H groups in total. The number of rotatable bonds is 6. The van der Waals surface area contributed by atoms with E-state index >= 15 is 0 Å². The lowest BCUT2D eigenvalue weighted by atomic mass is 9.80. The maximum absolute atomic E-state index is 11.0. The highest BCUT2D eigenvalue weighted by molar-refractivity contribution is 5.49. The van der Waals surface area contributed by atoms with E-state index in [4.69, 9.17) is 9.47 Å². The largest absolute Gasteiger partial charge is 0.493 e. The molecule has 0 amide bonds. The van der Waals surface area contributed by atoms with Gasteiger partial charge in [-0.2, -0.15) is 0 Å². The molecule has 2 rings (SSSR count). The predicted octanol–water partition coefficient (Wildman–Crippen LogP) is 2.57. The molecule has 1 aliphatic rings. The summed E-state index contributed by atoms with van der Waals surface area (Å²) in [6, 6.07) is 5.33. The van der Waals surface area contributed by atoms with Crippen molar-refractivity contribution in [2.24, 2.45) is 5.92 Å². The van der Waals surface area contributed by atoms with Crippen LogP contribution in [0, 0.1) is 16.0 Å². The number of aliphatic hydroxyl groups excluding tert-OH is 1. The van der Waals surface area contributed by atoms with Gasteiger partial charge in [-0.05, 0) is 12.5 Å². The van der Waals surface area contributed by atoms with Gasteiger partial charge in [0.05, 0.1) is 13.0 Å². The fourth-order valence-electron chi connectivity index (χ4n) is 2.93. The van der Waals surface area contributed by atoms with Crippen LogP contribution in [0.2, 0.25) is 0 Å². The van der Waals surface area contributed by atoms with Crippen molar-refractivity contribution in [2.75, 3.05) is 13.7 Å². The van der Waals surface area contributed by atoms with Crippen molar-refractivity contribution in [3.8, 4) is 11.5 Å². The van der Waals surface area contributed by atoms with Gasteiger partial charge in [0.1, 0.15) is 0 Å². The Morgan fingerprint density at radius 3 is 2.86 bits per heavy atom. The Morgan fingerprint density at radius 2 is 2.24 bits per heavy atom. The molecule has 1 unspecified atom stereocenters. The van der Waals surface area contributed by atoms with Gasteiger partial charge in [0.2, 0.25) is 12.8 Å². The Balaban J connectivity index is 2.39. The van der Waals surface area contributed by atoms with Gasteiger partial charge in [-0.15, -0.1) is 0 Å². The number of benzene rings is 1. The number of aliphatic hydroxyl groups is 1. The normalized spacial score (nSPS) is 24.0. The molecule has 1 heterocycles. The zero-order chi connectivity index (χ0) is 15.4. The number of nitrogens with zero attached hydrogens (tertiary/aromatic N) is 1. The topological polar surface area (TPSA) is 81.8 Å². The van der Waals surface area contributed by atoms with E-state index in [1.807, 2.05) is 6.07 Å². The van der Waals surface area contributed by atoms with Gasteiger partial charge in [-0.25, -0.2) is 0 Å². The van der Waals surface area contributed by atoms with Crippen molar-refractivity contribution in [3.05, 3.63) is 33.9 Å². The maximum Gasteiger partial charge on any atom is 0.211 e. The molecule has 1 aliphatic heterocycles. The van der Waals surface area contributed by atoms with Crippen LogP contribution in [-0.2, 0) is 0 Å². The van der Waals surface area contributed by atoms with Gasteiger partial charge in [0, 0.05) is 16.4 Å². The minimum Gasteiger partial charge on any atom is -0.493 e. The highest BCUT2D eigenvalue weighted by Gasteiger charge is 2.40. The van der Waals surface area contributed by atoms with Gasteiger partial charge in [0.15, 0.2) is 11.5 Å². The number of hydrogen-bond donors (Lipinski definition) is 1. The molecule has 0 aliphatic carbocycles. The van der Waals surface area contributed by atoms with E-state index in [0.717, 1.165) is 18.4 Å². The number of unbranched alkanes of at least 4 members (excludes halogenated alkanes) is 1. The first-order valence-corrected chi connectivity index (χ1v) is 7.21. The summed E-state index contributed by atoms with van der Waals surface area (Å²) in [5, 5.41) is 21.3. The van der Waals surface area contributed by atoms with Gasteiger partial charge >= 0.3 is 0 Å². The molecule has 116 valence electrons. The van der Waals surface area contributed by atoms with Crippen LogP contribution in [0.15, 0.2) is 18.2 Å². The summed E-state index contributed by atoms with van der Waals surface area (Å²) in [5.41, 5.74) is 0.748. The number of hydrogen-bond acceptors (Lipinski definition) is 5. The van der Waals surface area contributed by atoms with Crippen LogP contribution in [0.4, 0.5) is 0 Å². The van der Waals surface area contributed by atoms with Gasteiger partial charge in [0.25, 0.3) is 0 Å². The van der Waals surface area contributed by atoms with Crippen LogP contribution in [-0.4, -0.2) is 30.0 Å². The predicted molar refractivity (Wildman–Crippen MR) is 77.2 cm³/mol. The van der Waals surface area contributed by atoms with E-state index in [1.165, 1.54) is 7.11 Å². The summed E-state index contributed by atoms with van der Waals surface area (Å²) in [4.78, 5) is 10.7. The molecule has 6 nitrogen and oxygen atoms in total.